The van der Waals surface area contributed by atoms with Gasteiger partial charge in [-0.05, 0) is 56.3 Å². The van der Waals surface area contributed by atoms with E-state index < -0.39 is 12.1 Å². The van der Waals surface area contributed by atoms with E-state index in [-0.39, 0.29) is 30.0 Å². The highest BCUT2D eigenvalue weighted by atomic mass is 35.5. The van der Waals surface area contributed by atoms with Gasteiger partial charge in [0.05, 0.1) is 12.2 Å². The summed E-state index contributed by atoms with van der Waals surface area (Å²) in [6.45, 7) is 4.57. The summed E-state index contributed by atoms with van der Waals surface area (Å²) < 4.78 is 0. The SMILES string of the molecule is CC1C(=O)N(CC(O)CN2CCC3(CC3)C(O)C2)CCN1C(=O)Nc1cccc(Cl)c1. The predicted molar refractivity (Wildman–Crippen MR) is 118 cm³/mol. The van der Waals surface area contributed by atoms with Gasteiger partial charge in [0.15, 0.2) is 0 Å². The number of β-amino-alcohol motifs (C(OH)–C–C–N with tert-alkyl or cyclic N) is 2. The average Bonchev–Trinajstić information content (AvgIpc) is 3.49. The first-order valence-electron chi connectivity index (χ1n) is 11.0. The van der Waals surface area contributed by atoms with Crippen LogP contribution in [0.3, 0.4) is 0 Å². The molecule has 1 saturated carbocycles. The molecule has 0 aromatic heterocycles. The molecule has 4 rings (SSSR count). The highest BCUT2D eigenvalue weighted by Crippen LogP contribution is 2.53. The van der Waals surface area contributed by atoms with Gasteiger partial charge in [-0.1, -0.05) is 17.7 Å². The maximum Gasteiger partial charge on any atom is 0.322 e. The van der Waals surface area contributed by atoms with Crippen LogP contribution in [0.4, 0.5) is 10.5 Å². The standard InChI is InChI=1S/C22H31ClN4O4/c1-15-20(30)26(9-10-27(15)21(31)24-17-4-2-3-16(23)11-17)13-18(28)12-25-8-7-22(5-6-22)19(29)14-25/h2-4,11,15,18-19,28-29H,5-10,12-14H2,1H3,(H,24,31). The van der Waals surface area contributed by atoms with Gasteiger partial charge in [0.2, 0.25) is 5.91 Å². The smallest absolute Gasteiger partial charge is 0.322 e. The van der Waals surface area contributed by atoms with Crippen molar-refractivity contribution in [1.82, 2.24) is 14.7 Å². The molecular weight excluding hydrogens is 420 g/mol. The summed E-state index contributed by atoms with van der Waals surface area (Å²) in [5.74, 6) is -0.179. The number of anilines is 1. The molecular formula is C22H31ClN4O4. The van der Waals surface area contributed by atoms with Crippen LogP contribution in [0.25, 0.3) is 0 Å². The number of halogens is 1. The van der Waals surface area contributed by atoms with Gasteiger partial charge in [-0.3, -0.25) is 9.69 Å². The summed E-state index contributed by atoms with van der Waals surface area (Å²) in [7, 11) is 0. The van der Waals surface area contributed by atoms with Crippen molar-refractivity contribution in [2.75, 3.05) is 44.6 Å². The summed E-state index contributed by atoms with van der Waals surface area (Å²) in [6.07, 6.45) is 2.16. The maximum absolute atomic E-state index is 12.8. The number of amides is 3. The molecule has 0 radical (unpaired) electrons. The molecule has 1 spiro atoms. The molecule has 3 fully saturated rings. The Balaban J connectivity index is 1.26. The first-order chi connectivity index (χ1) is 14.8. The summed E-state index contributed by atoms with van der Waals surface area (Å²) in [5, 5.41) is 24.2. The van der Waals surface area contributed by atoms with Crippen LogP contribution in [0.2, 0.25) is 5.02 Å². The van der Waals surface area contributed by atoms with E-state index in [1.807, 2.05) is 0 Å². The van der Waals surface area contributed by atoms with Crippen molar-refractivity contribution < 1.29 is 19.8 Å². The van der Waals surface area contributed by atoms with Crippen LogP contribution in [0.1, 0.15) is 26.2 Å². The first kappa shape index (κ1) is 22.3. The quantitative estimate of drug-likeness (QED) is 0.633. The molecule has 3 unspecified atom stereocenters. The fraction of sp³-hybridized carbons (Fsp3) is 0.636. The highest BCUT2D eigenvalue weighted by Gasteiger charge is 2.51. The molecule has 9 heteroatoms. The Bertz CT molecular complexity index is 833. The van der Waals surface area contributed by atoms with Gasteiger partial charge in [-0.2, -0.15) is 0 Å². The Labute approximate surface area is 187 Å². The fourth-order valence-electron chi connectivity index (χ4n) is 4.75. The Morgan fingerprint density at radius 1 is 1.26 bits per heavy atom. The van der Waals surface area contributed by atoms with Crippen LogP contribution in [0.5, 0.6) is 0 Å². The monoisotopic (exact) mass is 450 g/mol. The number of nitrogens with one attached hydrogen (secondary N) is 1. The van der Waals surface area contributed by atoms with Crippen LogP contribution >= 0.6 is 11.6 Å². The third-order valence-electron chi connectivity index (χ3n) is 6.94. The Hall–Kier alpha value is -1.87. The number of urea groups is 1. The number of benzene rings is 1. The van der Waals surface area contributed by atoms with Gasteiger partial charge >= 0.3 is 6.03 Å². The van der Waals surface area contributed by atoms with E-state index in [4.69, 9.17) is 11.6 Å². The summed E-state index contributed by atoms with van der Waals surface area (Å²) >= 11 is 5.96. The number of hydrogen-bond acceptors (Lipinski definition) is 5. The molecule has 3 atom stereocenters. The van der Waals surface area contributed by atoms with E-state index in [1.54, 1.807) is 36.1 Å². The van der Waals surface area contributed by atoms with Crippen molar-refractivity contribution in [2.24, 2.45) is 5.41 Å². The number of likely N-dealkylation sites (tertiary alicyclic amines) is 1. The Morgan fingerprint density at radius 3 is 2.71 bits per heavy atom. The molecule has 3 N–H and O–H groups in total. The molecule has 3 aliphatic rings. The second-order valence-electron chi connectivity index (χ2n) is 9.14. The van der Waals surface area contributed by atoms with E-state index in [0.717, 1.165) is 25.8 Å². The van der Waals surface area contributed by atoms with Crippen molar-refractivity contribution in [2.45, 2.75) is 44.4 Å². The number of nitrogens with zero attached hydrogens (tertiary/aromatic N) is 3. The average molecular weight is 451 g/mol. The molecule has 1 aromatic carbocycles. The third kappa shape index (κ3) is 4.98. The number of carbonyl (C=O) groups is 2. The fourth-order valence-corrected chi connectivity index (χ4v) is 4.94. The number of hydrogen-bond donors (Lipinski definition) is 3. The zero-order valence-electron chi connectivity index (χ0n) is 17.8. The minimum Gasteiger partial charge on any atom is -0.391 e. The van der Waals surface area contributed by atoms with Gasteiger partial charge in [-0.15, -0.1) is 0 Å². The predicted octanol–water partition coefficient (Wildman–Crippen LogP) is 1.61. The normalized spacial score (nSPS) is 26.8. The molecule has 1 aliphatic carbocycles. The first-order valence-corrected chi connectivity index (χ1v) is 11.4. The van der Waals surface area contributed by atoms with E-state index >= 15 is 0 Å². The lowest BCUT2D eigenvalue weighted by atomic mass is 9.90. The molecule has 31 heavy (non-hydrogen) atoms. The summed E-state index contributed by atoms with van der Waals surface area (Å²) in [6, 6.07) is 5.90. The van der Waals surface area contributed by atoms with Gasteiger partial charge in [0, 0.05) is 43.4 Å². The number of piperazine rings is 1. The van der Waals surface area contributed by atoms with Crippen molar-refractivity contribution in [3.8, 4) is 0 Å². The minimum absolute atomic E-state index is 0.134. The number of carbonyl (C=O) groups excluding carboxylic acids is 2. The zero-order valence-corrected chi connectivity index (χ0v) is 18.6. The summed E-state index contributed by atoms with van der Waals surface area (Å²) in [5.41, 5.74) is 0.709. The van der Waals surface area contributed by atoms with Crippen molar-refractivity contribution in [3.05, 3.63) is 29.3 Å². The van der Waals surface area contributed by atoms with Crippen molar-refractivity contribution >= 4 is 29.2 Å². The topological polar surface area (TPSA) is 96.3 Å². The molecule has 3 amide bonds. The number of piperidine rings is 1. The lowest BCUT2D eigenvalue weighted by molar-refractivity contribution is -0.141. The second-order valence-corrected chi connectivity index (χ2v) is 9.57. The van der Waals surface area contributed by atoms with Crippen LogP contribution in [0, 0.1) is 5.41 Å². The number of aliphatic hydroxyl groups excluding tert-OH is 2. The highest BCUT2D eigenvalue weighted by molar-refractivity contribution is 6.30. The van der Waals surface area contributed by atoms with Crippen LogP contribution in [0.15, 0.2) is 24.3 Å². The third-order valence-corrected chi connectivity index (χ3v) is 7.18. The maximum atomic E-state index is 12.8. The lowest BCUT2D eigenvalue weighted by Gasteiger charge is -2.41. The van der Waals surface area contributed by atoms with E-state index in [1.165, 1.54) is 4.90 Å². The number of aliphatic hydroxyl groups is 2. The molecule has 1 aromatic rings. The van der Waals surface area contributed by atoms with Gasteiger partial charge < -0.3 is 25.3 Å². The number of rotatable bonds is 5. The lowest BCUT2D eigenvalue weighted by Crippen LogP contribution is -2.60. The molecule has 8 nitrogen and oxygen atoms in total. The van der Waals surface area contributed by atoms with E-state index in [0.29, 0.717) is 36.9 Å². The summed E-state index contributed by atoms with van der Waals surface area (Å²) in [4.78, 5) is 30.7. The molecule has 2 aliphatic heterocycles. The second kappa shape index (κ2) is 8.94. The Morgan fingerprint density at radius 2 is 2.03 bits per heavy atom. The van der Waals surface area contributed by atoms with Crippen LogP contribution in [-0.4, -0.2) is 94.4 Å². The van der Waals surface area contributed by atoms with Crippen molar-refractivity contribution in [1.29, 1.82) is 0 Å². The van der Waals surface area contributed by atoms with E-state index in [9.17, 15) is 19.8 Å². The molecule has 2 heterocycles. The van der Waals surface area contributed by atoms with Crippen LogP contribution in [-0.2, 0) is 4.79 Å². The van der Waals surface area contributed by atoms with E-state index in [2.05, 4.69) is 10.2 Å². The molecule has 2 saturated heterocycles. The zero-order chi connectivity index (χ0) is 22.2. The van der Waals surface area contributed by atoms with Gasteiger partial charge in [-0.25, -0.2) is 4.79 Å². The van der Waals surface area contributed by atoms with Gasteiger partial charge in [0.1, 0.15) is 6.04 Å². The van der Waals surface area contributed by atoms with Crippen molar-refractivity contribution in [3.63, 3.8) is 0 Å². The van der Waals surface area contributed by atoms with Gasteiger partial charge in [0.25, 0.3) is 0 Å². The largest absolute Gasteiger partial charge is 0.391 e. The Kier molecular flexibility index (Phi) is 6.44. The minimum atomic E-state index is -0.691. The molecule has 0 bridgehead atoms. The molecule has 170 valence electrons. The van der Waals surface area contributed by atoms with Crippen LogP contribution < -0.4 is 5.32 Å².